The lowest BCUT2D eigenvalue weighted by Crippen LogP contribution is -2.29. The molecule has 26 heavy (non-hydrogen) atoms. The van der Waals surface area contributed by atoms with Crippen LogP contribution in [0.1, 0.15) is 41.0 Å². The van der Waals surface area contributed by atoms with Crippen LogP contribution >= 0.6 is 0 Å². The Morgan fingerprint density at radius 2 is 2.19 bits per heavy atom. The average Bonchev–Trinajstić information content (AvgIpc) is 2.95. The summed E-state index contributed by atoms with van der Waals surface area (Å²) in [4.78, 5) is 34.9. The van der Waals surface area contributed by atoms with E-state index in [4.69, 9.17) is 0 Å². The third-order valence-corrected chi connectivity index (χ3v) is 4.61. The maximum Gasteiger partial charge on any atom is 0.345 e. The maximum absolute atomic E-state index is 12.3. The molecule has 1 N–H and O–H groups in total. The van der Waals surface area contributed by atoms with Gasteiger partial charge in [-0.05, 0) is 32.3 Å². The van der Waals surface area contributed by atoms with Crippen LogP contribution in [0.2, 0.25) is 0 Å². The number of benzene rings is 1. The van der Waals surface area contributed by atoms with Crippen molar-refractivity contribution in [2.24, 2.45) is 0 Å². The van der Waals surface area contributed by atoms with Crippen LogP contribution in [0.15, 0.2) is 23.0 Å². The summed E-state index contributed by atoms with van der Waals surface area (Å²) in [5.41, 5.74) is 0.454. The Balaban J connectivity index is 1.57. The number of aromatic nitrogens is 3. The highest BCUT2D eigenvalue weighted by Crippen LogP contribution is 2.20. The first-order valence-corrected chi connectivity index (χ1v) is 8.68. The first kappa shape index (κ1) is 17.8. The molecule has 9 nitrogen and oxygen atoms in total. The zero-order chi connectivity index (χ0) is 18.7. The van der Waals surface area contributed by atoms with E-state index >= 15 is 0 Å². The summed E-state index contributed by atoms with van der Waals surface area (Å²) in [5.74, 6) is 0.472. The van der Waals surface area contributed by atoms with Gasteiger partial charge in [0.15, 0.2) is 0 Å². The zero-order valence-electron chi connectivity index (χ0n) is 14.6. The molecular weight excluding hydrogens is 338 g/mol. The van der Waals surface area contributed by atoms with Crippen LogP contribution in [-0.4, -0.2) is 31.7 Å². The zero-order valence-corrected chi connectivity index (χ0v) is 14.6. The Bertz CT molecular complexity index is 899. The molecule has 0 radical (unpaired) electrons. The third-order valence-electron chi connectivity index (χ3n) is 4.61. The van der Waals surface area contributed by atoms with Crippen LogP contribution in [0.5, 0.6) is 0 Å². The molecule has 0 unspecified atom stereocenters. The van der Waals surface area contributed by atoms with E-state index in [1.807, 2.05) is 0 Å². The second-order valence-corrected chi connectivity index (χ2v) is 6.35. The van der Waals surface area contributed by atoms with E-state index in [1.54, 1.807) is 17.6 Å². The second kappa shape index (κ2) is 7.51. The summed E-state index contributed by atoms with van der Waals surface area (Å²) in [6.07, 6.45) is 3.42. The van der Waals surface area contributed by atoms with Crippen molar-refractivity contribution in [2.75, 3.05) is 6.54 Å². The summed E-state index contributed by atoms with van der Waals surface area (Å²) < 4.78 is 3.17. The molecule has 0 aliphatic carbocycles. The number of fused-ring (bicyclic) bond motifs is 1. The SMILES string of the molecule is Cc1c(C(=O)NCCCn2nc3n(c2=O)CCCC3)cccc1[N+](=O)[O-]. The van der Waals surface area contributed by atoms with Crippen molar-refractivity contribution in [3.63, 3.8) is 0 Å². The van der Waals surface area contributed by atoms with Crippen LogP contribution < -0.4 is 11.0 Å². The highest BCUT2D eigenvalue weighted by molar-refractivity contribution is 5.96. The highest BCUT2D eigenvalue weighted by atomic mass is 16.6. The number of carbonyl (C=O) groups is 1. The van der Waals surface area contributed by atoms with Crippen molar-refractivity contribution in [3.05, 3.63) is 55.7 Å². The molecule has 0 saturated heterocycles. The number of aryl methyl sites for hydroxylation is 2. The second-order valence-electron chi connectivity index (χ2n) is 6.35. The molecule has 1 amide bonds. The number of carbonyl (C=O) groups excluding carboxylic acids is 1. The molecule has 0 atom stereocenters. The summed E-state index contributed by atoms with van der Waals surface area (Å²) in [5, 5.41) is 18.1. The monoisotopic (exact) mass is 359 g/mol. The fraction of sp³-hybridized carbons (Fsp3) is 0.471. The van der Waals surface area contributed by atoms with Crippen LogP contribution in [0.25, 0.3) is 0 Å². The summed E-state index contributed by atoms with van der Waals surface area (Å²) in [6.45, 7) is 3.06. The van der Waals surface area contributed by atoms with Crippen molar-refractivity contribution < 1.29 is 9.72 Å². The van der Waals surface area contributed by atoms with Gasteiger partial charge in [-0.2, -0.15) is 5.10 Å². The van der Waals surface area contributed by atoms with Gasteiger partial charge in [0, 0.05) is 43.2 Å². The molecule has 138 valence electrons. The van der Waals surface area contributed by atoms with Gasteiger partial charge < -0.3 is 5.32 Å². The summed E-state index contributed by atoms with van der Waals surface area (Å²) >= 11 is 0. The number of nitrogens with one attached hydrogen (secondary N) is 1. The van der Waals surface area contributed by atoms with E-state index < -0.39 is 4.92 Å². The Morgan fingerprint density at radius 3 is 2.92 bits per heavy atom. The third kappa shape index (κ3) is 3.51. The molecule has 0 bridgehead atoms. The van der Waals surface area contributed by atoms with Gasteiger partial charge in [0.25, 0.3) is 11.6 Å². The largest absolute Gasteiger partial charge is 0.352 e. The van der Waals surface area contributed by atoms with Gasteiger partial charge in [0.05, 0.1) is 4.92 Å². The van der Waals surface area contributed by atoms with Crippen molar-refractivity contribution in [1.82, 2.24) is 19.7 Å². The molecule has 1 aliphatic heterocycles. The Hall–Kier alpha value is -2.97. The Kier molecular flexibility index (Phi) is 5.15. The maximum atomic E-state index is 12.3. The van der Waals surface area contributed by atoms with Gasteiger partial charge in [-0.15, -0.1) is 0 Å². The predicted molar refractivity (Wildman–Crippen MR) is 94.2 cm³/mol. The number of hydrogen-bond donors (Lipinski definition) is 1. The lowest BCUT2D eigenvalue weighted by molar-refractivity contribution is -0.385. The molecule has 0 spiro atoms. The highest BCUT2D eigenvalue weighted by Gasteiger charge is 2.18. The first-order valence-electron chi connectivity index (χ1n) is 8.68. The lowest BCUT2D eigenvalue weighted by Gasteiger charge is -2.09. The number of amides is 1. The van der Waals surface area contributed by atoms with Crippen molar-refractivity contribution in [2.45, 2.75) is 45.7 Å². The lowest BCUT2D eigenvalue weighted by atomic mass is 10.1. The van der Waals surface area contributed by atoms with Gasteiger partial charge in [0.1, 0.15) is 5.82 Å². The predicted octanol–water partition coefficient (Wildman–Crippen LogP) is 1.42. The molecule has 0 fully saturated rings. The average molecular weight is 359 g/mol. The van der Waals surface area contributed by atoms with Crippen LogP contribution in [0, 0.1) is 17.0 Å². The molecule has 9 heteroatoms. The van der Waals surface area contributed by atoms with E-state index in [9.17, 15) is 19.7 Å². The molecular formula is C17H21N5O4. The van der Waals surface area contributed by atoms with E-state index in [0.717, 1.165) is 31.6 Å². The van der Waals surface area contributed by atoms with Gasteiger partial charge in [-0.1, -0.05) is 6.07 Å². The molecule has 1 aromatic carbocycles. The molecule has 0 saturated carbocycles. The standard InChI is InChI=1S/C17H21N5O4/c1-12-13(6-4-7-14(12)22(25)26)16(23)18-9-5-11-21-17(24)20-10-3-2-8-15(20)19-21/h4,6-7H,2-3,5,8-11H2,1H3,(H,18,23). The van der Waals surface area contributed by atoms with Gasteiger partial charge in [-0.3, -0.25) is 19.5 Å². The van der Waals surface area contributed by atoms with Gasteiger partial charge in [-0.25, -0.2) is 9.48 Å². The normalized spacial score (nSPS) is 13.3. The fourth-order valence-corrected chi connectivity index (χ4v) is 3.19. The minimum absolute atomic E-state index is 0.0761. The smallest absolute Gasteiger partial charge is 0.345 e. The minimum Gasteiger partial charge on any atom is -0.352 e. The molecule has 1 aromatic heterocycles. The van der Waals surface area contributed by atoms with E-state index in [0.29, 0.717) is 25.1 Å². The molecule has 2 aromatic rings. The Labute approximate surface area is 149 Å². The fourth-order valence-electron chi connectivity index (χ4n) is 3.19. The summed E-state index contributed by atoms with van der Waals surface area (Å²) in [6, 6.07) is 4.43. The molecule has 2 heterocycles. The Morgan fingerprint density at radius 1 is 1.38 bits per heavy atom. The van der Waals surface area contributed by atoms with Gasteiger partial charge >= 0.3 is 5.69 Å². The van der Waals surface area contributed by atoms with Gasteiger partial charge in [0.2, 0.25) is 0 Å². The van der Waals surface area contributed by atoms with Crippen LogP contribution in [0.4, 0.5) is 5.69 Å². The van der Waals surface area contributed by atoms with E-state index in [2.05, 4.69) is 10.4 Å². The number of hydrogen-bond acceptors (Lipinski definition) is 5. The van der Waals surface area contributed by atoms with Crippen molar-refractivity contribution >= 4 is 11.6 Å². The number of nitrogens with zero attached hydrogens (tertiary/aromatic N) is 4. The van der Waals surface area contributed by atoms with Crippen LogP contribution in [0.3, 0.4) is 0 Å². The van der Waals surface area contributed by atoms with E-state index in [-0.39, 0.29) is 22.8 Å². The first-order chi connectivity index (χ1) is 12.5. The summed E-state index contributed by atoms with van der Waals surface area (Å²) in [7, 11) is 0. The van der Waals surface area contributed by atoms with Crippen molar-refractivity contribution in [3.8, 4) is 0 Å². The number of rotatable bonds is 6. The number of nitro groups is 1. The quantitative estimate of drug-likeness (QED) is 0.476. The topological polar surface area (TPSA) is 112 Å². The van der Waals surface area contributed by atoms with Crippen molar-refractivity contribution in [1.29, 1.82) is 0 Å². The minimum atomic E-state index is -0.501. The molecule has 3 rings (SSSR count). The molecule has 1 aliphatic rings. The number of nitro benzene ring substituents is 1. The van der Waals surface area contributed by atoms with E-state index in [1.165, 1.54) is 16.8 Å². The van der Waals surface area contributed by atoms with Crippen LogP contribution in [-0.2, 0) is 19.5 Å².